The van der Waals surface area contributed by atoms with Gasteiger partial charge in [0.15, 0.2) is 0 Å². The van der Waals surface area contributed by atoms with Gasteiger partial charge in [-0.15, -0.1) is 0 Å². The molecule has 0 aliphatic heterocycles. The van der Waals surface area contributed by atoms with Crippen molar-refractivity contribution in [2.24, 2.45) is 0 Å². The summed E-state index contributed by atoms with van der Waals surface area (Å²) in [6.45, 7) is 16.9. The first-order valence-electron chi connectivity index (χ1n) is 17.6. The molecule has 3 heteroatoms. The predicted octanol–water partition coefficient (Wildman–Crippen LogP) is 12.1. The minimum absolute atomic E-state index is 0.306. The molecule has 46 heavy (non-hydrogen) atoms. The van der Waals surface area contributed by atoms with Gasteiger partial charge < -0.3 is 0 Å². The maximum absolute atomic E-state index is 5.70. The van der Waals surface area contributed by atoms with E-state index >= 15 is 0 Å². The van der Waals surface area contributed by atoms with Crippen LogP contribution in [0.1, 0.15) is 42.9 Å². The molecule has 0 heterocycles. The van der Waals surface area contributed by atoms with E-state index in [2.05, 4.69) is 169 Å². The van der Waals surface area contributed by atoms with Gasteiger partial charge in [-0.05, 0) is 0 Å². The molecule has 2 aliphatic rings. The van der Waals surface area contributed by atoms with Crippen molar-refractivity contribution in [3.05, 3.63) is 119 Å². The van der Waals surface area contributed by atoms with Gasteiger partial charge in [-0.25, -0.2) is 0 Å². The summed E-state index contributed by atoms with van der Waals surface area (Å²) in [7, 11) is -2.70. The Morgan fingerprint density at radius 2 is 0.935 bits per heavy atom. The number of hydrogen-bond donors (Lipinski definition) is 0. The van der Waals surface area contributed by atoms with Gasteiger partial charge in [0, 0.05) is 0 Å². The van der Waals surface area contributed by atoms with Crippen LogP contribution in [0.25, 0.3) is 34.4 Å². The van der Waals surface area contributed by atoms with E-state index in [9.17, 15) is 0 Å². The average molecular weight is 808 g/mol. The van der Waals surface area contributed by atoms with Crippen LogP contribution in [-0.4, -0.2) is 20.4 Å². The minimum atomic E-state index is -5.17. The first kappa shape index (κ1) is 33.4. The Kier molecular flexibility index (Phi) is 7.12. The van der Waals surface area contributed by atoms with E-state index in [-0.39, 0.29) is 0 Å². The summed E-state index contributed by atoms with van der Waals surface area (Å²) >= 11 is -5.17. The van der Waals surface area contributed by atoms with Crippen LogP contribution < -0.4 is 10.4 Å². The zero-order chi connectivity index (χ0) is 33.4. The Morgan fingerprint density at radius 1 is 0.565 bits per heavy atom. The second kappa shape index (κ2) is 9.80. The molecule has 0 amide bonds. The van der Waals surface area contributed by atoms with Crippen molar-refractivity contribution in [2.45, 2.75) is 78.2 Å². The zero-order valence-corrected chi connectivity index (χ0v) is 35.8. The molecule has 0 bridgehead atoms. The van der Waals surface area contributed by atoms with E-state index in [4.69, 9.17) is 4.26 Å². The van der Waals surface area contributed by atoms with Gasteiger partial charge in [-0.3, -0.25) is 0 Å². The van der Waals surface area contributed by atoms with Gasteiger partial charge in [0.1, 0.15) is 0 Å². The summed E-state index contributed by atoms with van der Waals surface area (Å²) in [4.78, 5) is 0. The van der Waals surface area contributed by atoms with Gasteiger partial charge in [0.05, 0.1) is 0 Å². The zero-order valence-electron chi connectivity index (χ0n) is 30.2. The molecule has 4 aromatic rings. The van der Waals surface area contributed by atoms with Crippen molar-refractivity contribution in [3.63, 3.8) is 0 Å². The Morgan fingerprint density at radius 3 is 1.26 bits per heavy atom. The third kappa shape index (κ3) is 5.20. The van der Waals surface area contributed by atoms with Crippen LogP contribution in [0.3, 0.4) is 0 Å². The maximum atomic E-state index is 5.70. The van der Waals surface area contributed by atoms with Crippen molar-refractivity contribution in [1.29, 1.82) is 0 Å². The van der Waals surface area contributed by atoms with Crippen LogP contribution in [0.2, 0.25) is 57.5 Å². The second-order valence-corrected chi connectivity index (χ2v) is 84.0. The van der Waals surface area contributed by atoms with Crippen molar-refractivity contribution in [1.82, 2.24) is 0 Å². The first-order chi connectivity index (χ1) is 21.2. The topological polar surface area (TPSA) is 0 Å². The summed E-state index contributed by atoms with van der Waals surface area (Å²) in [5.41, 5.74) is 11.1. The van der Waals surface area contributed by atoms with Crippen LogP contribution in [0, 0.1) is 0 Å². The number of benzene rings is 4. The molecule has 2 aliphatic carbocycles. The molecule has 2 atom stereocenters. The molecular weight excluding hydrogens is 751 g/mol. The van der Waals surface area contributed by atoms with Crippen molar-refractivity contribution in [2.75, 3.05) is 0 Å². The molecule has 6 rings (SSSR count). The van der Waals surface area contributed by atoms with Crippen molar-refractivity contribution in [3.8, 4) is 22.3 Å². The normalized spacial score (nSPS) is 20.0. The van der Waals surface area contributed by atoms with Crippen LogP contribution in [-0.2, 0) is 15.1 Å². The molecular formula is C43H56HfSi2. The van der Waals surface area contributed by atoms with Crippen molar-refractivity contribution < 1.29 is 15.1 Å². The molecule has 0 spiro atoms. The Hall–Kier alpha value is -2.47. The molecule has 0 radical (unpaired) electrons. The third-order valence-electron chi connectivity index (χ3n) is 12.6. The van der Waals surface area contributed by atoms with Crippen molar-refractivity contribution >= 4 is 42.9 Å². The Labute approximate surface area is 275 Å². The second-order valence-electron chi connectivity index (χ2n) is 20.3. The summed E-state index contributed by atoms with van der Waals surface area (Å²) in [6.07, 6.45) is 11.2. The monoisotopic (exact) mass is 808 g/mol. The summed E-state index contributed by atoms with van der Waals surface area (Å²) in [5.74, 6) is 0. The SMILES string of the molecule is [CH2]=[Hf]([CH3])([CH3])([CH3])([CH2]CC)([CH]1C=Cc2c(-c3ccc([Si](C)(C)C)cc3)cccc21)[CH]1C=Cc2c(-c3ccc([Si](C)(C)C)cc3)cccc21. The summed E-state index contributed by atoms with van der Waals surface area (Å²) in [5, 5.41) is 3.02. The molecule has 0 saturated heterocycles. The summed E-state index contributed by atoms with van der Waals surface area (Å²) < 4.78 is 15.6. The van der Waals surface area contributed by atoms with E-state index in [1.54, 1.807) is 0 Å². The fourth-order valence-corrected chi connectivity index (χ4v) is 45.0. The van der Waals surface area contributed by atoms with E-state index in [1.165, 1.54) is 54.9 Å². The molecule has 0 nitrogen and oxygen atoms in total. The molecule has 0 N–H and O–H groups in total. The number of allylic oxidation sites excluding steroid dienone is 2. The van der Waals surface area contributed by atoms with E-state index in [1.807, 2.05) is 0 Å². The molecule has 0 aromatic heterocycles. The summed E-state index contributed by atoms with van der Waals surface area (Å²) in [6, 6.07) is 33.0. The standard InChI is InChI=1S/2C18H19Si.C3H7.3CH3.CH2.Hf/c2*1-19(2,3)16-12-10-15(11-13-16)18-9-5-7-14-6-4-8-17(14)18;1-3-2;;;;;/h2*4-13H,1-3H3;1,3H2,2H3;3*1H3;1H2;. The number of hydrogen-bond acceptors (Lipinski definition) is 0. The van der Waals surface area contributed by atoms with Crippen LogP contribution in [0.4, 0.5) is 0 Å². The Balaban J connectivity index is 1.49. The van der Waals surface area contributed by atoms with Gasteiger partial charge in [0.25, 0.3) is 0 Å². The third-order valence-corrected chi connectivity index (χ3v) is 53.1. The molecule has 0 fully saturated rings. The fourth-order valence-electron chi connectivity index (χ4n) is 9.71. The van der Waals surface area contributed by atoms with Gasteiger partial charge in [-0.2, -0.15) is 0 Å². The molecule has 240 valence electrons. The Bertz CT molecular complexity index is 1900. The van der Waals surface area contributed by atoms with E-state index in [0.29, 0.717) is 7.35 Å². The van der Waals surface area contributed by atoms with Gasteiger partial charge >= 0.3 is 278 Å². The fraction of sp³-hybridized carbons (Fsp3) is 0.326. The van der Waals surface area contributed by atoms with E-state index < -0.39 is 31.2 Å². The quantitative estimate of drug-likeness (QED) is 0.156. The van der Waals surface area contributed by atoms with E-state index in [0.717, 1.165) is 10.6 Å². The molecule has 0 saturated carbocycles. The first-order valence-corrected chi connectivity index (χ1v) is 44.6. The average Bonchev–Trinajstić information content (AvgIpc) is 3.63. The van der Waals surface area contributed by atoms with Gasteiger partial charge in [-0.1, -0.05) is 0 Å². The predicted molar refractivity (Wildman–Crippen MR) is 213 cm³/mol. The van der Waals surface area contributed by atoms with Gasteiger partial charge in [0.2, 0.25) is 0 Å². The van der Waals surface area contributed by atoms with Crippen LogP contribution in [0.5, 0.6) is 0 Å². The van der Waals surface area contributed by atoms with Crippen LogP contribution in [0.15, 0.2) is 97.1 Å². The number of rotatable bonds is 8. The molecule has 2 unspecified atom stereocenters. The number of fused-ring (bicyclic) bond motifs is 2. The van der Waals surface area contributed by atoms with Crippen LogP contribution >= 0.6 is 0 Å². The molecule has 4 aromatic carbocycles.